The molecule has 2 aromatic heterocycles. The number of rotatable bonds is 6. The first-order chi connectivity index (χ1) is 10.7. The van der Waals surface area contributed by atoms with E-state index in [-0.39, 0.29) is 0 Å². The van der Waals surface area contributed by atoms with Gasteiger partial charge in [-0.1, -0.05) is 13.8 Å². The van der Waals surface area contributed by atoms with Crippen LogP contribution in [0.1, 0.15) is 26.3 Å². The molecule has 22 heavy (non-hydrogen) atoms. The van der Waals surface area contributed by atoms with E-state index >= 15 is 0 Å². The fraction of sp³-hybridized carbons (Fsp3) is 0.438. The molecule has 0 bridgehead atoms. The second-order valence-electron chi connectivity index (χ2n) is 5.44. The Kier molecular flexibility index (Phi) is 5.94. The molecule has 118 valence electrons. The highest BCUT2D eigenvalue weighted by molar-refractivity contribution is 5.79. The van der Waals surface area contributed by atoms with Crippen molar-refractivity contribution in [3.8, 4) is 5.82 Å². The molecular formula is C16H24N6. The molecule has 0 saturated heterocycles. The minimum absolute atomic E-state index is 0.580. The number of pyridine rings is 1. The molecule has 0 aliphatic heterocycles. The molecule has 2 aromatic rings. The molecular weight excluding hydrogens is 276 g/mol. The highest BCUT2D eigenvalue weighted by Gasteiger charge is 2.02. The largest absolute Gasteiger partial charge is 0.357 e. The summed E-state index contributed by atoms with van der Waals surface area (Å²) in [6.07, 6.45) is 5.41. The number of hydrogen-bond donors (Lipinski definition) is 2. The molecule has 0 amide bonds. The Morgan fingerprint density at radius 1 is 1.32 bits per heavy atom. The Morgan fingerprint density at radius 3 is 2.86 bits per heavy atom. The minimum atomic E-state index is 0.580. The molecule has 2 rings (SSSR count). The van der Waals surface area contributed by atoms with E-state index in [9.17, 15) is 0 Å². The van der Waals surface area contributed by atoms with Crippen LogP contribution in [-0.4, -0.2) is 33.8 Å². The van der Waals surface area contributed by atoms with Gasteiger partial charge in [0, 0.05) is 31.7 Å². The van der Waals surface area contributed by atoms with Crippen molar-refractivity contribution >= 4 is 5.96 Å². The molecule has 0 aliphatic carbocycles. The molecule has 2 N–H and O–H groups in total. The predicted octanol–water partition coefficient (Wildman–Crippen LogP) is 1.98. The van der Waals surface area contributed by atoms with E-state index in [1.165, 1.54) is 0 Å². The smallest absolute Gasteiger partial charge is 0.191 e. The summed E-state index contributed by atoms with van der Waals surface area (Å²) in [6.45, 7) is 8.77. The van der Waals surface area contributed by atoms with E-state index in [0.29, 0.717) is 12.5 Å². The first-order valence-corrected chi connectivity index (χ1v) is 7.66. The van der Waals surface area contributed by atoms with Gasteiger partial charge >= 0.3 is 0 Å². The van der Waals surface area contributed by atoms with E-state index in [1.807, 2.05) is 24.4 Å². The molecule has 0 atom stereocenters. The summed E-state index contributed by atoms with van der Waals surface area (Å²) in [4.78, 5) is 8.94. The fourth-order valence-corrected chi connectivity index (χ4v) is 1.90. The molecule has 0 unspecified atom stereocenters. The molecule has 6 heteroatoms. The highest BCUT2D eigenvalue weighted by atomic mass is 15.3. The first-order valence-electron chi connectivity index (χ1n) is 7.66. The molecule has 6 nitrogen and oxygen atoms in total. The second kappa shape index (κ2) is 8.17. The van der Waals surface area contributed by atoms with E-state index < -0.39 is 0 Å². The van der Waals surface area contributed by atoms with Gasteiger partial charge in [-0.2, -0.15) is 5.10 Å². The maximum atomic E-state index is 4.62. The Morgan fingerprint density at radius 2 is 2.18 bits per heavy atom. The second-order valence-corrected chi connectivity index (χ2v) is 5.44. The van der Waals surface area contributed by atoms with Gasteiger partial charge < -0.3 is 10.6 Å². The van der Waals surface area contributed by atoms with Crippen molar-refractivity contribution in [1.82, 2.24) is 25.4 Å². The molecule has 0 aliphatic rings. The van der Waals surface area contributed by atoms with E-state index in [1.54, 1.807) is 17.1 Å². The van der Waals surface area contributed by atoms with Crippen molar-refractivity contribution in [1.29, 1.82) is 0 Å². The Hall–Kier alpha value is -2.37. The monoisotopic (exact) mass is 300 g/mol. The number of hydrogen-bond acceptors (Lipinski definition) is 3. The lowest BCUT2D eigenvalue weighted by Gasteiger charge is -2.13. The zero-order valence-electron chi connectivity index (χ0n) is 13.5. The summed E-state index contributed by atoms with van der Waals surface area (Å²) in [5.74, 6) is 2.22. The average molecular weight is 300 g/mol. The van der Waals surface area contributed by atoms with Gasteiger partial charge in [0.05, 0.1) is 6.54 Å². The predicted molar refractivity (Wildman–Crippen MR) is 89.0 cm³/mol. The van der Waals surface area contributed by atoms with Crippen LogP contribution in [0.25, 0.3) is 5.82 Å². The van der Waals surface area contributed by atoms with Gasteiger partial charge in [0.15, 0.2) is 11.8 Å². The van der Waals surface area contributed by atoms with Crippen LogP contribution in [-0.2, 0) is 6.54 Å². The van der Waals surface area contributed by atoms with Crippen LogP contribution in [0.5, 0.6) is 0 Å². The number of nitrogens with zero attached hydrogens (tertiary/aromatic N) is 4. The van der Waals surface area contributed by atoms with Crippen molar-refractivity contribution in [3.63, 3.8) is 0 Å². The molecule has 2 heterocycles. The fourth-order valence-electron chi connectivity index (χ4n) is 1.90. The standard InChI is InChI=1S/C16H24N6/c1-4-17-16(19-11-13(2)3)20-12-14-6-8-18-15(10-14)22-9-5-7-21-22/h5-10,13H,4,11-12H2,1-3H3,(H2,17,19,20). The van der Waals surface area contributed by atoms with Crippen LogP contribution in [0.15, 0.2) is 41.8 Å². The molecule has 0 saturated carbocycles. The zero-order valence-corrected chi connectivity index (χ0v) is 13.5. The van der Waals surface area contributed by atoms with E-state index in [0.717, 1.165) is 30.4 Å². The number of aromatic nitrogens is 3. The Labute approximate surface area is 131 Å². The van der Waals surface area contributed by atoms with Crippen LogP contribution in [0.3, 0.4) is 0 Å². The van der Waals surface area contributed by atoms with Gasteiger partial charge in [-0.3, -0.25) is 0 Å². The van der Waals surface area contributed by atoms with Crippen LogP contribution in [0, 0.1) is 5.92 Å². The summed E-state index contributed by atoms with van der Waals surface area (Å²) in [6, 6.07) is 5.86. The van der Waals surface area contributed by atoms with Gasteiger partial charge in [0.25, 0.3) is 0 Å². The average Bonchev–Trinajstić information content (AvgIpc) is 3.04. The van der Waals surface area contributed by atoms with Crippen molar-refractivity contribution in [2.75, 3.05) is 13.1 Å². The maximum Gasteiger partial charge on any atom is 0.191 e. The minimum Gasteiger partial charge on any atom is -0.357 e. The topological polar surface area (TPSA) is 67.1 Å². The number of guanidine groups is 1. The first kappa shape index (κ1) is 16.0. The lowest BCUT2D eigenvalue weighted by atomic mass is 10.2. The van der Waals surface area contributed by atoms with Gasteiger partial charge in [0.2, 0.25) is 0 Å². The highest BCUT2D eigenvalue weighted by Crippen LogP contribution is 2.07. The lowest BCUT2D eigenvalue weighted by Crippen LogP contribution is -2.39. The van der Waals surface area contributed by atoms with Crippen LogP contribution < -0.4 is 10.6 Å². The summed E-state index contributed by atoms with van der Waals surface area (Å²) in [7, 11) is 0. The van der Waals surface area contributed by atoms with Crippen LogP contribution in [0.2, 0.25) is 0 Å². The van der Waals surface area contributed by atoms with E-state index in [2.05, 4.69) is 46.5 Å². The molecule has 0 aromatic carbocycles. The summed E-state index contributed by atoms with van der Waals surface area (Å²) >= 11 is 0. The van der Waals surface area contributed by atoms with Crippen molar-refractivity contribution in [2.45, 2.75) is 27.3 Å². The Bertz CT molecular complexity index is 588. The third-order valence-corrected chi connectivity index (χ3v) is 2.99. The van der Waals surface area contributed by atoms with Gasteiger partial charge in [0.1, 0.15) is 0 Å². The summed E-state index contributed by atoms with van der Waals surface area (Å²) < 4.78 is 1.75. The summed E-state index contributed by atoms with van der Waals surface area (Å²) in [5.41, 5.74) is 1.10. The number of nitrogens with one attached hydrogen (secondary N) is 2. The van der Waals surface area contributed by atoms with Crippen molar-refractivity contribution in [2.24, 2.45) is 10.9 Å². The maximum absolute atomic E-state index is 4.62. The SMILES string of the molecule is CCNC(=NCc1ccnc(-n2cccn2)c1)NCC(C)C. The Balaban J connectivity index is 2.05. The third kappa shape index (κ3) is 4.87. The van der Waals surface area contributed by atoms with Crippen LogP contribution >= 0.6 is 0 Å². The van der Waals surface area contributed by atoms with Crippen molar-refractivity contribution < 1.29 is 0 Å². The quantitative estimate of drug-likeness (QED) is 0.632. The molecule has 0 fully saturated rings. The van der Waals surface area contributed by atoms with Gasteiger partial charge in [-0.15, -0.1) is 0 Å². The van der Waals surface area contributed by atoms with Crippen molar-refractivity contribution in [3.05, 3.63) is 42.4 Å². The zero-order chi connectivity index (χ0) is 15.8. The van der Waals surface area contributed by atoms with Gasteiger partial charge in [-0.05, 0) is 36.6 Å². The van der Waals surface area contributed by atoms with Gasteiger partial charge in [-0.25, -0.2) is 14.7 Å². The third-order valence-electron chi connectivity index (χ3n) is 2.99. The lowest BCUT2D eigenvalue weighted by molar-refractivity contribution is 0.615. The molecule has 0 spiro atoms. The summed E-state index contributed by atoms with van der Waals surface area (Å²) in [5, 5.41) is 10.8. The van der Waals surface area contributed by atoms with Crippen LogP contribution in [0.4, 0.5) is 0 Å². The molecule has 0 radical (unpaired) electrons. The number of aliphatic imine (C=N–C) groups is 1. The normalized spacial score (nSPS) is 11.7. The van der Waals surface area contributed by atoms with E-state index in [4.69, 9.17) is 0 Å².